The lowest BCUT2D eigenvalue weighted by Crippen LogP contribution is -2.10. The Kier molecular flexibility index (Phi) is 3.59. The highest BCUT2D eigenvalue weighted by Crippen LogP contribution is 2.33. The van der Waals surface area contributed by atoms with Gasteiger partial charge >= 0.3 is 0 Å². The number of rotatable bonds is 3. The van der Waals surface area contributed by atoms with Crippen molar-refractivity contribution < 1.29 is 0 Å². The number of anilines is 1. The van der Waals surface area contributed by atoms with Crippen molar-refractivity contribution in [2.75, 3.05) is 5.43 Å². The van der Waals surface area contributed by atoms with Crippen LogP contribution in [0.4, 0.5) is 5.69 Å². The van der Waals surface area contributed by atoms with Gasteiger partial charge in [-0.05, 0) is 31.0 Å². The molecule has 1 aromatic heterocycles. The number of hydrogen-bond acceptors (Lipinski definition) is 3. The lowest BCUT2D eigenvalue weighted by Gasteiger charge is -2.14. The van der Waals surface area contributed by atoms with Gasteiger partial charge in [-0.2, -0.15) is 0 Å². The Bertz CT molecular complexity index is 779. The molecule has 0 radical (unpaired) electrons. The van der Waals surface area contributed by atoms with Gasteiger partial charge in [0.15, 0.2) is 0 Å². The molecule has 0 amide bonds. The molecular weight excluding hydrogens is 258 g/mol. The fourth-order valence-electron chi connectivity index (χ4n) is 2.69. The molecule has 2 aromatic carbocycles. The van der Waals surface area contributed by atoms with E-state index in [0.29, 0.717) is 0 Å². The van der Waals surface area contributed by atoms with E-state index in [2.05, 4.69) is 49.6 Å². The van der Waals surface area contributed by atoms with Crippen molar-refractivity contribution in [3.63, 3.8) is 0 Å². The Labute approximate surface area is 124 Å². The molecule has 0 aliphatic rings. The van der Waals surface area contributed by atoms with Crippen LogP contribution >= 0.6 is 0 Å². The Balaban J connectivity index is 2.31. The van der Waals surface area contributed by atoms with Gasteiger partial charge in [-0.25, -0.2) is 4.98 Å². The number of nitrogen functional groups attached to an aromatic ring is 1. The van der Waals surface area contributed by atoms with Crippen LogP contribution in [-0.4, -0.2) is 4.98 Å². The van der Waals surface area contributed by atoms with Gasteiger partial charge in [0.1, 0.15) is 0 Å². The summed E-state index contributed by atoms with van der Waals surface area (Å²) in [5, 5.41) is 1.08. The standard InChI is InChI=1S/C18H19N3/c1-3-13-9-10-16-15(11-13)18(21-19)12(2)17(20-16)14-7-5-4-6-8-14/h4-11H,3,19H2,1-2H3,(H,20,21). The first-order valence-electron chi connectivity index (χ1n) is 7.20. The van der Waals surface area contributed by atoms with E-state index < -0.39 is 0 Å². The molecule has 0 aliphatic carbocycles. The van der Waals surface area contributed by atoms with Crippen molar-refractivity contribution in [1.82, 2.24) is 4.98 Å². The van der Waals surface area contributed by atoms with Crippen LogP contribution < -0.4 is 11.3 Å². The molecule has 0 saturated carbocycles. The average Bonchev–Trinajstić information content (AvgIpc) is 2.54. The zero-order chi connectivity index (χ0) is 14.8. The number of benzene rings is 2. The van der Waals surface area contributed by atoms with E-state index >= 15 is 0 Å². The van der Waals surface area contributed by atoms with Crippen LogP contribution in [0.5, 0.6) is 0 Å². The summed E-state index contributed by atoms with van der Waals surface area (Å²) in [5.41, 5.74) is 9.21. The molecule has 0 atom stereocenters. The highest BCUT2D eigenvalue weighted by Gasteiger charge is 2.12. The van der Waals surface area contributed by atoms with Crippen LogP contribution in [0.1, 0.15) is 18.1 Å². The fourth-order valence-corrected chi connectivity index (χ4v) is 2.69. The number of nitrogens with zero attached hydrogens (tertiary/aromatic N) is 1. The molecule has 0 unspecified atom stereocenters. The Morgan fingerprint density at radius 2 is 1.86 bits per heavy atom. The molecule has 0 fully saturated rings. The maximum Gasteiger partial charge on any atom is 0.0759 e. The van der Waals surface area contributed by atoms with Gasteiger partial charge in [0.05, 0.1) is 16.9 Å². The minimum absolute atomic E-state index is 0.953. The number of aryl methyl sites for hydroxylation is 1. The van der Waals surface area contributed by atoms with Crippen LogP contribution in [0, 0.1) is 6.92 Å². The molecule has 1 heterocycles. The maximum absolute atomic E-state index is 5.78. The van der Waals surface area contributed by atoms with Crippen LogP contribution in [0.15, 0.2) is 48.5 Å². The summed E-state index contributed by atoms with van der Waals surface area (Å²) < 4.78 is 0. The quantitative estimate of drug-likeness (QED) is 0.560. The summed E-state index contributed by atoms with van der Waals surface area (Å²) in [6.45, 7) is 4.21. The predicted molar refractivity (Wildman–Crippen MR) is 89.1 cm³/mol. The van der Waals surface area contributed by atoms with Crippen LogP contribution in [0.2, 0.25) is 0 Å². The van der Waals surface area contributed by atoms with E-state index in [1.807, 2.05) is 18.2 Å². The lowest BCUT2D eigenvalue weighted by molar-refractivity contribution is 1.14. The van der Waals surface area contributed by atoms with E-state index in [1.165, 1.54) is 5.56 Å². The SMILES string of the molecule is CCc1ccc2nc(-c3ccccc3)c(C)c(NN)c2c1. The summed E-state index contributed by atoms with van der Waals surface area (Å²) in [6, 6.07) is 16.6. The summed E-state index contributed by atoms with van der Waals surface area (Å²) >= 11 is 0. The topological polar surface area (TPSA) is 50.9 Å². The number of nitrogens with one attached hydrogen (secondary N) is 1. The minimum atomic E-state index is 0.953. The fraction of sp³-hybridized carbons (Fsp3) is 0.167. The van der Waals surface area contributed by atoms with Crippen LogP contribution in [-0.2, 0) is 6.42 Å². The van der Waals surface area contributed by atoms with Gasteiger partial charge in [-0.15, -0.1) is 0 Å². The van der Waals surface area contributed by atoms with E-state index in [1.54, 1.807) is 0 Å². The molecule has 3 rings (SSSR count). The Morgan fingerprint density at radius 1 is 1.10 bits per heavy atom. The Morgan fingerprint density at radius 3 is 2.52 bits per heavy atom. The van der Waals surface area contributed by atoms with Gasteiger partial charge in [0, 0.05) is 16.5 Å². The average molecular weight is 277 g/mol. The third kappa shape index (κ3) is 2.36. The molecule has 106 valence electrons. The number of hydrazine groups is 1. The number of hydrogen-bond donors (Lipinski definition) is 2. The first kappa shape index (κ1) is 13.6. The van der Waals surface area contributed by atoms with Crippen molar-refractivity contribution in [3.8, 4) is 11.3 Å². The van der Waals surface area contributed by atoms with E-state index in [4.69, 9.17) is 10.8 Å². The molecule has 0 spiro atoms. The third-order valence-electron chi connectivity index (χ3n) is 3.89. The van der Waals surface area contributed by atoms with Crippen LogP contribution in [0.3, 0.4) is 0 Å². The molecule has 3 heteroatoms. The van der Waals surface area contributed by atoms with Gasteiger partial charge < -0.3 is 5.43 Å². The maximum atomic E-state index is 5.78. The number of fused-ring (bicyclic) bond motifs is 1. The summed E-state index contributed by atoms with van der Waals surface area (Å²) in [6.07, 6.45) is 0.999. The Hall–Kier alpha value is -2.39. The van der Waals surface area contributed by atoms with E-state index in [9.17, 15) is 0 Å². The van der Waals surface area contributed by atoms with E-state index in [0.717, 1.165) is 39.8 Å². The summed E-state index contributed by atoms with van der Waals surface area (Å²) in [4.78, 5) is 4.83. The highest BCUT2D eigenvalue weighted by atomic mass is 15.2. The molecule has 0 saturated heterocycles. The largest absolute Gasteiger partial charge is 0.323 e. The van der Waals surface area contributed by atoms with Crippen molar-refractivity contribution >= 4 is 16.6 Å². The molecule has 21 heavy (non-hydrogen) atoms. The second-order valence-corrected chi connectivity index (χ2v) is 5.18. The molecule has 0 bridgehead atoms. The molecule has 3 aromatic rings. The van der Waals surface area contributed by atoms with Crippen molar-refractivity contribution in [3.05, 3.63) is 59.7 Å². The van der Waals surface area contributed by atoms with Crippen molar-refractivity contribution in [2.45, 2.75) is 20.3 Å². The lowest BCUT2D eigenvalue weighted by atomic mass is 10.0. The second kappa shape index (κ2) is 5.54. The van der Waals surface area contributed by atoms with Gasteiger partial charge in [-0.3, -0.25) is 5.84 Å². The first-order valence-corrected chi connectivity index (χ1v) is 7.20. The van der Waals surface area contributed by atoms with Gasteiger partial charge in [0.25, 0.3) is 0 Å². The zero-order valence-corrected chi connectivity index (χ0v) is 12.4. The first-order chi connectivity index (χ1) is 10.2. The molecule has 0 aliphatic heterocycles. The van der Waals surface area contributed by atoms with E-state index in [-0.39, 0.29) is 0 Å². The normalized spacial score (nSPS) is 10.8. The molecular formula is C18H19N3. The number of nitrogens with two attached hydrogens (primary N) is 1. The number of aromatic nitrogens is 1. The van der Waals surface area contributed by atoms with Gasteiger partial charge in [0.2, 0.25) is 0 Å². The summed E-state index contributed by atoms with van der Waals surface area (Å²) in [7, 11) is 0. The monoisotopic (exact) mass is 277 g/mol. The summed E-state index contributed by atoms with van der Waals surface area (Å²) in [5.74, 6) is 5.78. The zero-order valence-electron chi connectivity index (χ0n) is 12.4. The van der Waals surface area contributed by atoms with Crippen molar-refractivity contribution in [2.24, 2.45) is 5.84 Å². The van der Waals surface area contributed by atoms with Gasteiger partial charge in [-0.1, -0.05) is 43.3 Å². The second-order valence-electron chi connectivity index (χ2n) is 5.18. The van der Waals surface area contributed by atoms with Crippen LogP contribution in [0.25, 0.3) is 22.2 Å². The molecule has 3 nitrogen and oxygen atoms in total. The minimum Gasteiger partial charge on any atom is -0.323 e. The number of pyridine rings is 1. The highest BCUT2D eigenvalue weighted by molar-refractivity contribution is 5.96. The predicted octanol–water partition coefficient (Wildman–Crippen LogP) is 4.06. The molecule has 3 N–H and O–H groups in total. The smallest absolute Gasteiger partial charge is 0.0759 e. The third-order valence-corrected chi connectivity index (χ3v) is 3.89. The van der Waals surface area contributed by atoms with Crippen molar-refractivity contribution in [1.29, 1.82) is 0 Å².